The van der Waals surface area contributed by atoms with E-state index in [2.05, 4.69) is 33.1 Å². The zero-order valence-corrected chi connectivity index (χ0v) is 12.7. The summed E-state index contributed by atoms with van der Waals surface area (Å²) in [5.41, 5.74) is 2.01. The molecule has 1 saturated heterocycles. The highest BCUT2D eigenvalue weighted by molar-refractivity contribution is 5.31. The Kier molecular flexibility index (Phi) is 4.84. The maximum atomic E-state index is 8.83. The lowest BCUT2D eigenvalue weighted by Crippen LogP contribution is -2.46. The van der Waals surface area contributed by atoms with Crippen LogP contribution >= 0.6 is 0 Å². The molecule has 1 aliphatic rings. The molecule has 0 saturated carbocycles. The van der Waals surface area contributed by atoms with Gasteiger partial charge in [0.15, 0.2) is 0 Å². The molecule has 114 valence electrons. The number of hydrogen-bond donors (Lipinski definition) is 0. The van der Waals surface area contributed by atoms with E-state index in [9.17, 15) is 0 Å². The fourth-order valence-corrected chi connectivity index (χ4v) is 2.79. The Bertz CT molecular complexity index is 603. The zero-order valence-electron chi connectivity index (χ0n) is 12.7. The molecule has 0 spiro atoms. The van der Waals surface area contributed by atoms with Gasteiger partial charge in [-0.25, -0.2) is 0 Å². The Morgan fingerprint density at radius 2 is 1.73 bits per heavy atom. The maximum Gasteiger partial charge on any atom is 0.0991 e. The van der Waals surface area contributed by atoms with E-state index in [-0.39, 0.29) is 0 Å². The number of nitriles is 1. The highest BCUT2D eigenvalue weighted by Gasteiger charge is 2.16. The van der Waals surface area contributed by atoms with Crippen molar-refractivity contribution in [2.45, 2.75) is 13.1 Å². The van der Waals surface area contributed by atoms with Gasteiger partial charge in [-0.05, 0) is 23.8 Å². The first kappa shape index (κ1) is 14.8. The maximum absolute atomic E-state index is 8.83. The third kappa shape index (κ3) is 3.94. The molecule has 1 aliphatic heterocycles. The van der Waals surface area contributed by atoms with Crippen molar-refractivity contribution >= 4 is 0 Å². The van der Waals surface area contributed by atoms with Crippen molar-refractivity contribution in [1.29, 1.82) is 5.26 Å². The van der Waals surface area contributed by atoms with E-state index in [1.807, 2.05) is 35.3 Å². The minimum Gasteiger partial charge on any atom is -0.299 e. The Balaban J connectivity index is 1.42. The minimum absolute atomic E-state index is 0.729. The first-order valence-corrected chi connectivity index (χ1v) is 7.75. The van der Waals surface area contributed by atoms with Gasteiger partial charge in [0.25, 0.3) is 0 Å². The topological polar surface area (TPSA) is 48.1 Å². The van der Waals surface area contributed by atoms with E-state index in [0.29, 0.717) is 0 Å². The first-order chi connectivity index (χ1) is 10.8. The van der Waals surface area contributed by atoms with Gasteiger partial charge in [0.2, 0.25) is 0 Å². The normalized spacial score (nSPS) is 16.5. The number of benzene rings is 1. The van der Waals surface area contributed by atoms with Gasteiger partial charge in [-0.2, -0.15) is 10.4 Å². The molecule has 1 aromatic carbocycles. The highest BCUT2D eigenvalue weighted by atomic mass is 15.3. The molecule has 2 aromatic rings. The van der Waals surface area contributed by atoms with E-state index >= 15 is 0 Å². The molecule has 1 aromatic heterocycles. The van der Waals surface area contributed by atoms with E-state index in [4.69, 9.17) is 5.26 Å². The summed E-state index contributed by atoms with van der Waals surface area (Å²) in [6, 6.07) is 12.0. The van der Waals surface area contributed by atoms with Crippen LogP contribution in [0.15, 0.2) is 42.7 Å². The van der Waals surface area contributed by atoms with Crippen molar-refractivity contribution < 1.29 is 0 Å². The molecule has 0 amide bonds. The van der Waals surface area contributed by atoms with Gasteiger partial charge in [-0.15, -0.1) is 0 Å². The van der Waals surface area contributed by atoms with Crippen LogP contribution in [0.2, 0.25) is 0 Å². The summed E-state index contributed by atoms with van der Waals surface area (Å²) in [6.45, 7) is 7.40. The molecule has 5 heteroatoms. The van der Waals surface area contributed by atoms with Crippen molar-refractivity contribution in [3.63, 3.8) is 0 Å². The largest absolute Gasteiger partial charge is 0.299 e. The zero-order chi connectivity index (χ0) is 15.2. The summed E-state index contributed by atoms with van der Waals surface area (Å²) in [7, 11) is 0. The van der Waals surface area contributed by atoms with Crippen LogP contribution in [-0.2, 0) is 13.1 Å². The average molecular weight is 295 g/mol. The SMILES string of the molecule is N#Cc1ccc(CN2CCN(CCn3cccn3)CC2)cc1. The van der Waals surface area contributed by atoms with Gasteiger partial charge in [0, 0.05) is 51.7 Å². The Labute approximate surface area is 131 Å². The standard InChI is InChI=1S/C17H21N5/c18-14-16-2-4-17(5-3-16)15-21-10-8-20(9-11-21)12-13-22-7-1-6-19-22/h1-7H,8-13,15H2. The molecule has 2 heterocycles. The fourth-order valence-electron chi connectivity index (χ4n) is 2.79. The Hall–Kier alpha value is -2.16. The average Bonchev–Trinajstić information content (AvgIpc) is 3.08. The molecular weight excluding hydrogens is 274 g/mol. The second kappa shape index (κ2) is 7.21. The second-order valence-corrected chi connectivity index (χ2v) is 5.70. The Morgan fingerprint density at radius 3 is 2.36 bits per heavy atom. The smallest absolute Gasteiger partial charge is 0.0991 e. The number of rotatable bonds is 5. The van der Waals surface area contributed by atoms with Crippen molar-refractivity contribution in [2.24, 2.45) is 0 Å². The van der Waals surface area contributed by atoms with E-state index < -0.39 is 0 Å². The molecule has 1 fully saturated rings. The summed E-state index contributed by atoms with van der Waals surface area (Å²) >= 11 is 0. The lowest BCUT2D eigenvalue weighted by Gasteiger charge is -2.34. The third-order valence-corrected chi connectivity index (χ3v) is 4.16. The Morgan fingerprint density at radius 1 is 1.00 bits per heavy atom. The van der Waals surface area contributed by atoms with Crippen LogP contribution in [0, 0.1) is 11.3 Å². The molecule has 3 rings (SSSR count). The molecule has 0 bridgehead atoms. The van der Waals surface area contributed by atoms with Gasteiger partial charge in [-0.1, -0.05) is 12.1 Å². The van der Waals surface area contributed by atoms with Gasteiger partial charge in [-0.3, -0.25) is 14.5 Å². The number of hydrogen-bond acceptors (Lipinski definition) is 4. The van der Waals surface area contributed by atoms with Crippen molar-refractivity contribution in [3.8, 4) is 6.07 Å². The molecule has 22 heavy (non-hydrogen) atoms. The minimum atomic E-state index is 0.729. The quantitative estimate of drug-likeness (QED) is 0.840. The summed E-state index contributed by atoms with van der Waals surface area (Å²) in [6.07, 6.45) is 3.84. The van der Waals surface area contributed by atoms with E-state index in [1.165, 1.54) is 5.56 Å². The summed E-state index contributed by atoms with van der Waals surface area (Å²) < 4.78 is 1.99. The van der Waals surface area contributed by atoms with Crippen molar-refractivity contribution in [3.05, 3.63) is 53.9 Å². The summed E-state index contributed by atoms with van der Waals surface area (Å²) in [5, 5.41) is 13.1. The summed E-state index contributed by atoms with van der Waals surface area (Å²) in [5.74, 6) is 0. The van der Waals surface area contributed by atoms with Crippen molar-refractivity contribution in [1.82, 2.24) is 19.6 Å². The molecule has 0 N–H and O–H groups in total. The predicted octanol–water partition coefficient (Wildman–Crippen LogP) is 1.57. The lowest BCUT2D eigenvalue weighted by atomic mass is 10.1. The van der Waals surface area contributed by atoms with Crippen LogP contribution in [0.4, 0.5) is 0 Å². The van der Waals surface area contributed by atoms with Crippen LogP contribution in [-0.4, -0.2) is 52.3 Å². The van der Waals surface area contributed by atoms with Gasteiger partial charge >= 0.3 is 0 Å². The van der Waals surface area contributed by atoms with Crippen LogP contribution < -0.4 is 0 Å². The lowest BCUT2D eigenvalue weighted by molar-refractivity contribution is 0.123. The van der Waals surface area contributed by atoms with Gasteiger partial charge in [0.05, 0.1) is 18.2 Å². The third-order valence-electron chi connectivity index (χ3n) is 4.16. The van der Waals surface area contributed by atoms with Crippen LogP contribution in [0.1, 0.15) is 11.1 Å². The van der Waals surface area contributed by atoms with Crippen LogP contribution in [0.3, 0.4) is 0 Å². The number of aromatic nitrogens is 2. The van der Waals surface area contributed by atoms with Gasteiger partial charge < -0.3 is 0 Å². The molecule has 0 unspecified atom stereocenters. The van der Waals surface area contributed by atoms with Crippen LogP contribution in [0.5, 0.6) is 0 Å². The molecule has 0 atom stereocenters. The molecular formula is C17H21N5. The fraction of sp³-hybridized carbons (Fsp3) is 0.412. The van der Waals surface area contributed by atoms with Crippen LogP contribution in [0.25, 0.3) is 0 Å². The molecule has 5 nitrogen and oxygen atoms in total. The predicted molar refractivity (Wildman–Crippen MR) is 85.1 cm³/mol. The van der Waals surface area contributed by atoms with E-state index in [0.717, 1.165) is 51.4 Å². The number of nitrogens with zero attached hydrogens (tertiary/aromatic N) is 5. The molecule has 0 radical (unpaired) electrons. The van der Waals surface area contributed by atoms with Gasteiger partial charge in [0.1, 0.15) is 0 Å². The molecule has 0 aliphatic carbocycles. The number of piperazine rings is 1. The van der Waals surface area contributed by atoms with E-state index in [1.54, 1.807) is 0 Å². The van der Waals surface area contributed by atoms with Crippen molar-refractivity contribution in [2.75, 3.05) is 32.7 Å². The summed E-state index contributed by atoms with van der Waals surface area (Å²) in [4.78, 5) is 4.97. The first-order valence-electron chi connectivity index (χ1n) is 7.75. The second-order valence-electron chi connectivity index (χ2n) is 5.70. The monoisotopic (exact) mass is 295 g/mol. The highest BCUT2D eigenvalue weighted by Crippen LogP contribution is 2.10.